The van der Waals surface area contributed by atoms with Gasteiger partial charge in [-0.3, -0.25) is 0 Å². The number of aryl methyl sites for hydroxylation is 2. The van der Waals surface area contributed by atoms with E-state index in [-0.39, 0.29) is 10.3 Å². The van der Waals surface area contributed by atoms with Crippen molar-refractivity contribution in [3.8, 4) is 0 Å². The maximum Gasteiger partial charge on any atom is 0.262 e. The van der Waals surface area contributed by atoms with Crippen LogP contribution in [-0.2, 0) is 15.4 Å². The second kappa shape index (κ2) is 4.40. The Labute approximate surface area is 103 Å². The van der Waals surface area contributed by atoms with Crippen molar-refractivity contribution in [3.05, 3.63) is 28.8 Å². The highest BCUT2D eigenvalue weighted by atomic mass is 32.2. The Balaban J connectivity index is 3.51. The summed E-state index contributed by atoms with van der Waals surface area (Å²) < 4.78 is 23.3. The smallest absolute Gasteiger partial charge is 0.262 e. The van der Waals surface area contributed by atoms with Crippen molar-refractivity contribution in [1.29, 1.82) is 0 Å². The summed E-state index contributed by atoms with van der Waals surface area (Å²) in [5, 5.41) is 8.69. The van der Waals surface area contributed by atoms with Gasteiger partial charge < -0.3 is 5.21 Å². The zero-order valence-corrected chi connectivity index (χ0v) is 11.6. The van der Waals surface area contributed by atoms with Crippen LogP contribution in [0, 0.1) is 13.8 Å². The summed E-state index contributed by atoms with van der Waals surface area (Å²) in [6.45, 7) is 9.66. The zero-order chi connectivity index (χ0) is 13.4. The average molecular weight is 257 g/mol. The summed E-state index contributed by atoms with van der Waals surface area (Å²) in [4.78, 5) is 1.52. The zero-order valence-electron chi connectivity index (χ0n) is 10.8. The molecule has 0 amide bonds. The van der Waals surface area contributed by atoms with E-state index in [4.69, 9.17) is 5.21 Å². The summed E-state index contributed by atoms with van der Waals surface area (Å²) in [5.41, 5.74) is 2.31. The summed E-state index contributed by atoms with van der Waals surface area (Å²) in [7, 11) is -3.82. The highest BCUT2D eigenvalue weighted by Crippen LogP contribution is 2.28. The third kappa shape index (κ3) is 2.86. The average Bonchev–Trinajstić information content (AvgIpc) is 2.14. The van der Waals surface area contributed by atoms with Gasteiger partial charge in [0, 0.05) is 0 Å². The molecule has 1 aromatic rings. The van der Waals surface area contributed by atoms with Gasteiger partial charge in [-0.05, 0) is 36.0 Å². The van der Waals surface area contributed by atoms with Gasteiger partial charge in [-0.15, -0.1) is 0 Å². The van der Waals surface area contributed by atoms with Crippen molar-refractivity contribution in [2.45, 2.75) is 44.9 Å². The van der Waals surface area contributed by atoms with Crippen LogP contribution in [0.25, 0.3) is 0 Å². The van der Waals surface area contributed by atoms with Crippen molar-refractivity contribution in [1.82, 2.24) is 4.89 Å². The SMILES string of the molecule is Cc1cc(C(C)(C)C)cc(C)c1S(=O)(=O)NO. The second-order valence-corrected chi connectivity index (χ2v) is 6.88. The standard InChI is InChI=1S/C12H19NO3S/c1-8-6-10(12(3,4)5)7-9(2)11(8)17(15,16)13-14/h6-7,13-14H,1-5H3. The van der Waals surface area contributed by atoms with E-state index in [0.717, 1.165) is 5.56 Å². The first-order valence-corrected chi connectivity index (χ1v) is 6.85. The van der Waals surface area contributed by atoms with Crippen LogP contribution in [0.3, 0.4) is 0 Å². The van der Waals surface area contributed by atoms with Crippen molar-refractivity contribution in [2.75, 3.05) is 0 Å². The number of sulfonamides is 1. The molecule has 0 aliphatic heterocycles. The van der Waals surface area contributed by atoms with Gasteiger partial charge in [0.2, 0.25) is 0 Å². The van der Waals surface area contributed by atoms with E-state index in [0.29, 0.717) is 11.1 Å². The minimum atomic E-state index is -3.82. The van der Waals surface area contributed by atoms with Gasteiger partial charge in [0.15, 0.2) is 0 Å². The van der Waals surface area contributed by atoms with Gasteiger partial charge in [-0.25, -0.2) is 8.42 Å². The van der Waals surface area contributed by atoms with E-state index in [1.807, 2.05) is 12.1 Å². The van der Waals surface area contributed by atoms with Crippen molar-refractivity contribution < 1.29 is 13.6 Å². The molecule has 0 aliphatic rings. The maximum absolute atomic E-state index is 11.6. The predicted octanol–water partition coefficient (Wildman–Crippen LogP) is 2.27. The molecule has 0 saturated heterocycles. The molecule has 4 nitrogen and oxygen atoms in total. The van der Waals surface area contributed by atoms with Gasteiger partial charge in [-0.1, -0.05) is 37.8 Å². The van der Waals surface area contributed by atoms with E-state index >= 15 is 0 Å². The molecular weight excluding hydrogens is 238 g/mol. The molecular formula is C12H19NO3S. The first kappa shape index (κ1) is 14.2. The number of hydrogen-bond acceptors (Lipinski definition) is 3. The molecule has 0 heterocycles. The number of nitrogens with one attached hydrogen (secondary N) is 1. The Morgan fingerprint density at radius 1 is 1.12 bits per heavy atom. The first-order chi connectivity index (χ1) is 7.59. The fourth-order valence-corrected chi connectivity index (χ4v) is 2.91. The fourth-order valence-electron chi connectivity index (χ4n) is 1.85. The van der Waals surface area contributed by atoms with Gasteiger partial charge in [0.1, 0.15) is 0 Å². The highest BCUT2D eigenvalue weighted by Gasteiger charge is 2.22. The van der Waals surface area contributed by atoms with Crippen molar-refractivity contribution in [3.63, 3.8) is 0 Å². The lowest BCUT2D eigenvalue weighted by Crippen LogP contribution is -2.22. The third-order valence-electron chi connectivity index (χ3n) is 2.72. The topological polar surface area (TPSA) is 66.4 Å². The molecule has 1 aromatic carbocycles. The fraction of sp³-hybridized carbons (Fsp3) is 0.500. The largest absolute Gasteiger partial charge is 0.302 e. The van der Waals surface area contributed by atoms with Crippen LogP contribution in [0.4, 0.5) is 0 Å². The van der Waals surface area contributed by atoms with E-state index in [9.17, 15) is 8.42 Å². The molecule has 0 atom stereocenters. The monoisotopic (exact) mass is 257 g/mol. The molecule has 5 heteroatoms. The van der Waals surface area contributed by atoms with E-state index < -0.39 is 10.0 Å². The molecule has 0 fully saturated rings. The molecule has 0 aromatic heterocycles. The number of rotatable bonds is 2. The van der Waals surface area contributed by atoms with E-state index in [1.165, 1.54) is 4.89 Å². The molecule has 0 radical (unpaired) electrons. The Bertz CT molecular complexity index is 504. The number of hydrogen-bond donors (Lipinski definition) is 2. The molecule has 96 valence electrons. The van der Waals surface area contributed by atoms with Crippen molar-refractivity contribution in [2.24, 2.45) is 0 Å². The summed E-state index contributed by atoms with van der Waals surface area (Å²) in [6, 6.07) is 3.69. The van der Waals surface area contributed by atoms with E-state index in [2.05, 4.69) is 20.8 Å². The first-order valence-electron chi connectivity index (χ1n) is 5.37. The summed E-state index contributed by atoms with van der Waals surface area (Å²) in [5.74, 6) is 0. The van der Waals surface area contributed by atoms with Crippen LogP contribution in [-0.4, -0.2) is 13.6 Å². The lowest BCUT2D eigenvalue weighted by atomic mass is 9.85. The Hall–Kier alpha value is -0.910. The summed E-state index contributed by atoms with van der Waals surface area (Å²) >= 11 is 0. The molecule has 0 spiro atoms. The second-order valence-electron chi connectivity index (χ2n) is 5.28. The van der Waals surface area contributed by atoms with Crippen LogP contribution in [0.2, 0.25) is 0 Å². The molecule has 1 rings (SSSR count). The Morgan fingerprint density at radius 2 is 1.53 bits per heavy atom. The maximum atomic E-state index is 11.6. The molecule has 0 bridgehead atoms. The van der Waals surface area contributed by atoms with Crippen LogP contribution < -0.4 is 4.89 Å². The minimum absolute atomic E-state index is 0.0372. The predicted molar refractivity (Wildman–Crippen MR) is 66.7 cm³/mol. The normalized spacial score (nSPS) is 12.8. The Morgan fingerprint density at radius 3 is 1.82 bits per heavy atom. The third-order valence-corrected chi connectivity index (χ3v) is 4.14. The van der Waals surface area contributed by atoms with Crippen molar-refractivity contribution >= 4 is 10.0 Å². The lowest BCUT2D eigenvalue weighted by Gasteiger charge is -2.22. The van der Waals surface area contributed by atoms with Gasteiger partial charge in [0.25, 0.3) is 10.0 Å². The Kier molecular flexibility index (Phi) is 3.66. The molecule has 0 unspecified atom stereocenters. The molecule has 0 aliphatic carbocycles. The van der Waals surface area contributed by atoms with Gasteiger partial charge >= 0.3 is 0 Å². The van der Waals surface area contributed by atoms with Gasteiger partial charge in [0.05, 0.1) is 4.90 Å². The molecule has 2 N–H and O–H groups in total. The molecule has 0 saturated carbocycles. The molecule has 17 heavy (non-hydrogen) atoms. The van der Waals surface area contributed by atoms with Crippen LogP contribution >= 0.6 is 0 Å². The lowest BCUT2D eigenvalue weighted by molar-refractivity contribution is 0.242. The van der Waals surface area contributed by atoms with Crippen LogP contribution in [0.5, 0.6) is 0 Å². The summed E-state index contributed by atoms with van der Waals surface area (Å²) in [6.07, 6.45) is 0. The van der Waals surface area contributed by atoms with Crippen LogP contribution in [0.1, 0.15) is 37.5 Å². The number of benzene rings is 1. The van der Waals surface area contributed by atoms with Gasteiger partial charge in [-0.2, -0.15) is 0 Å². The van der Waals surface area contributed by atoms with Crippen LogP contribution in [0.15, 0.2) is 17.0 Å². The quantitative estimate of drug-likeness (QED) is 0.799. The van der Waals surface area contributed by atoms with E-state index in [1.54, 1.807) is 13.8 Å². The minimum Gasteiger partial charge on any atom is -0.302 e. The highest BCUT2D eigenvalue weighted by molar-refractivity contribution is 7.89.